The van der Waals surface area contributed by atoms with Crippen LogP contribution in [0.25, 0.3) is 22.5 Å². The van der Waals surface area contributed by atoms with E-state index in [9.17, 15) is 9.18 Å². The van der Waals surface area contributed by atoms with Crippen molar-refractivity contribution in [2.75, 3.05) is 0 Å². The molecule has 0 saturated carbocycles. The molecule has 5 heteroatoms. The molecule has 216 valence electrons. The lowest BCUT2D eigenvalue weighted by atomic mass is 10.00. The number of nitrogens with zero attached hydrogens (tertiary/aromatic N) is 2. The highest BCUT2D eigenvalue weighted by molar-refractivity contribution is 5.81. The first-order valence-corrected chi connectivity index (χ1v) is 15.4. The lowest BCUT2D eigenvalue weighted by molar-refractivity contribution is -0.147. The average molecular weight is 547 g/mol. The predicted molar refractivity (Wildman–Crippen MR) is 163 cm³/mol. The molecule has 0 fully saturated rings. The number of esters is 1. The van der Waals surface area contributed by atoms with Gasteiger partial charge in [0, 0.05) is 23.5 Å². The zero-order valence-electron chi connectivity index (χ0n) is 24.8. The third-order valence-electron chi connectivity index (χ3n) is 7.51. The van der Waals surface area contributed by atoms with Crippen molar-refractivity contribution >= 4 is 5.97 Å². The number of hydrogen-bond donors (Lipinski definition) is 0. The van der Waals surface area contributed by atoms with E-state index in [4.69, 9.17) is 4.74 Å². The number of unbranched alkanes of at least 4 members (excludes halogenated alkanes) is 10. The number of alkyl halides is 1. The number of aryl methyl sites for hydroxylation is 1. The second-order valence-corrected chi connectivity index (χ2v) is 11.1. The number of aromatic nitrogens is 2. The normalized spacial score (nSPS) is 12.7. The van der Waals surface area contributed by atoms with Gasteiger partial charge in [-0.05, 0) is 55.9 Å². The van der Waals surface area contributed by atoms with Crippen LogP contribution in [0.1, 0.15) is 110 Å². The van der Waals surface area contributed by atoms with Gasteiger partial charge in [-0.15, -0.1) is 0 Å². The standard InChI is InChI=1S/C35H47FN2O2/c1-4-6-8-10-11-12-13-14-16-28-17-19-30(20-18-28)33-37-26-31(27-38-33)29-21-23-32(24-22-29)40-34(39)35(3,36)25-15-9-7-5-2/h17-24,26-27H,4-16,25H2,1-3H3. The molecule has 0 aliphatic carbocycles. The third kappa shape index (κ3) is 10.5. The summed E-state index contributed by atoms with van der Waals surface area (Å²) in [6.07, 6.45) is 19.3. The Bertz CT molecular complexity index is 1130. The molecule has 0 N–H and O–H groups in total. The van der Waals surface area contributed by atoms with Crippen molar-refractivity contribution in [3.63, 3.8) is 0 Å². The van der Waals surface area contributed by atoms with E-state index in [1.165, 1.54) is 63.9 Å². The summed E-state index contributed by atoms with van der Waals surface area (Å²) < 4.78 is 20.1. The van der Waals surface area contributed by atoms with Crippen LogP contribution in [0.4, 0.5) is 4.39 Å². The van der Waals surface area contributed by atoms with Crippen LogP contribution >= 0.6 is 0 Å². The highest BCUT2D eigenvalue weighted by Crippen LogP contribution is 2.26. The molecular weight excluding hydrogens is 499 g/mol. The van der Waals surface area contributed by atoms with Gasteiger partial charge in [0.05, 0.1) is 0 Å². The topological polar surface area (TPSA) is 52.1 Å². The number of halogens is 1. The minimum atomic E-state index is -1.98. The molecule has 1 heterocycles. The maximum atomic E-state index is 14.8. The minimum Gasteiger partial charge on any atom is -0.424 e. The molecule has 4 nitrogen and oxygen atoms in total. The first-order chi connectivity index (χ1) is 19.4. The summed E-state index contributed by atoms with van der Waals surface area (Å²) >= 11 is 0. The zero-order valence-corrected chi connectivity index (χ0v) is 24.8. The number of benzene rings is 2. The maximum Gasteiger partial charge on any atom is 0.348 e. The Hall–Kier alpha value is -3.08. The molecule has 0 amide bonds. The summed E-state index contributed by atoms with van der Waals surface area (Å²) in [7, 11) is 0. The van der Waals surface area contributed by atoms with Gasteiger partial charge in [0.25, 0.3) is 0 Å². The fraction of sp³-hybridized carbons (Fsp3) is 0.514. The van der Waals surface area contributed by atoms with Gasteiger partial charge in [-0.25, -0.2) is 19.2 Å². The van der Waals surface area contributed by atoms with Crippen LogP contribution in [0.15, 0.2) is 60.9 Å². The first-order valence-electron chi connectivity index (χ1n) is 15.4. The fourth-order valence-corrected chi connectivity index (χ4v) is 4.82. The van der Waals surface area contributed by atoms with Crippen LogP contribution in [-0.2, 0) is 11.2 Å². The molecule has 3 aromatic rings. The molecule has 0 aliphatic rings. The second kappa shape index (κ2) is 16.9. The smallest absolute Gasteiger partial charge is 0.348 e. The van der Waals surface area contributed by atoms with E-state index < -0.39 is 11.6 Å². The molecule has 0 radical (unpaired) electrons. The number of ether oxygens (including phenoxy) is 1. The van der Waals surface area contributed by atoms with Crippen LogP contribution in [0.2, 0.25) is 0 Å². The quantitative estimate of drug-likeness (QED) is 0.0905. The van der Waals surface area contributed by atoms with Gasteiger partial charge in [0.2, 0.25) is 5.67 Å². The van der Waals surface area contributed by atoms with E-state index in [0.717, 1.165) is 42.4 Å². The monoisotopic (exact) mass is 546 g/mol. The second-order valence-electron chi connectivity index (χ2n) is 11.1. The lowest BCUT2D eigenvalue weighted by Crippen LogP contribution is -2.34. The zero-order chi connectivity index (χ0) is 28.6. The number of rotatable bonds is 18. The molecule has 0 spiro atoms. The highest BCUT2D eigenvalue weighted by Gasteiger charge is 2.34. The Labute approximate surface area is 240 Å². The Balaban J connectivity index is 1.47. The minimum absolute atomic E-state index is 0.176. The Morgan fingerprint density at radius 3 is 1.82 bits per heavy atom. The van der Waals surface area contributed by atoms with Crippen LogP contribution in [-0.4, -0.2) is 21.6 Å². The molecule has 0 saturated heterocycles. The van der Waals surface area contributed by atoms with Crippen LogP contribution in [0.5, 0.6) is 5.75 Å². The average Bonchev–Trinajstić information content (AvgIpc) is 2.97. The van der Waals surface area contributed by atoms with Crippen molar-refractivity contribution in [2.24, 2.45) is 0 Å². The van der Waals surface area contributed by atoms with Crippen molar-refractivity contribution in [3.05, 3.63) is 66.5 Å². The van der Waals surface area contributed by atoms with Gasteiger partial charge in [0.15, 0.2) is 5.82 Å². The van der Waals surface area contributed by atoms with Crippen LogP contribution < -0.4 is 4.74 Å². The van der Waals surface area contributed by atoms with Gasteiger partial charge in [-0.3, -0.25) is 0 Å². The molecule has 2 aromatic carbocycles. The number of carbonyl (C=O) groups excluding carboxylic acids is 1. The predicted octanol–water partition coefficient (Wildman–Crippen LogP) is 10.1. The Morgan fingerprint density at radius 2 is 1.23 bits per heavy atom. The molecule has 40 heavy (non-hydrogen) atoms. The van der Waals surface area contributed by atoms with Crippen molar-refractivity contribution in [3.8, 4) is 28.3 Å². The van der Waals surface area contributed by atoms with Gasteiger partial charge in [-0.2, -0.15) is 0 Å². The van der Waals surface area contributed by atoms with Crippen molar-refractivity contribution in [2.45, 2.75) is 116 Å². The molecule has 0 bridgehead atoms. The molecule has 1 atom stereocenters. The summed E-state index contributed by atoms with van der Waals surface area (Å²) in [5.74, 6) is 0.179. The largest absolute Gasteiger partial charge is 0.424 e. The fourth-order valence-electron chi connectivity index (χ4n) is 4.82. The van der Waals surface area contributed by atoms with Crippen LogP contribution in [0, 0.1) is 0 Å². The summed E-state index contributed by atoms with van der Waals surface area (Å²) in [6, 6.07) is 15.6. The molecule has 1 unspecified atom stereocenters. The summed E-state index contributed by atoms with van der Waals surface area (Å²) in [6.45, 7) is 5.67. The van der Waals surface area contributed by atoms with Crippen LogP contribution in [0.3, 0.4) is 0 Å². The Kier molecular flexibility index (Phi) is 13.3. The van der Waals surface area contributed by atoms with Crippen molar-refractivity contribution < 1.29 is 13.9 Å². The lowest BCUT2D eigenvalue weighted by Gasteiger charge is -2.18. The summed E-state index contributed by atoms with van der Waals surface area (Å²) in [5.41, 5.74) is 2.13. The molecule has 3 rings (SSSR count). The van der Waals surface area contributed by atoms with E-state index in [-0.39, 0.29) is 6.42 Å². The molecular formula is C35H47FN2O2. The molecule has 1 aromatic heterocycles. The van der Waals surface area contributed by atoms with E-state index in [1.54, 1.807) is 24.5 Å². The van der Waals surface area contributed by atoms with Crippen molar-refractivity contribution in [1.82, 2.24) is 9.97 Å². The number of hydrogen-bond acceptors (Lipinski definition) is 4. The van der Waals surface area contributed by atoms with E-state index in [0.29, 0.717) is 18.0 Å². The van der Waals surface area contributed by atoms with Gasteiger partial charge < -0.3 is 4.74 Å². The van der Waals surface area contributed by atoms with E-state index >= 15 is 0 Å². The van der Waals surface area contributed by atoms with Gasteiger partial charge in [-0.1, -0.05) is 114 Å². The van der Waals surface area contributed by atoms with Gasteiger partial charge in [0.1, 0.15) is 5.75 Å². The summed E-state index contributed by atoms with van der Waals surface area (Å²) in [5, 5.41) is 0. The Morgan fingerprint density at radius 1 is 0.700 bits per heavy atom. The highest BCUT2D eigenvalue weighted by atomic mass is 19.1. The SMILES string of the molecule is CCCCCCCCCCc1ccc(-c2ncc(-c3ccc(OC(=O)C(C)(F)CCCCCC)cc3)cn2)cc1. The van der Waals surface area contributed by atoms with E-state index in [1.807, 2.05) is 12.1 Å². The first kappa shape index (κ1) is 31.4. The third-order valence-corrected chi connectivity index (χ3v) is 7.51. The van der Waals surface area contributed by atoms with E-state index in [2.05, 4.69) is 48.1 Å². The summed E-state index contributed by atoms with van der Waals surface area (Å²) in [4.78, 5) is 21.5. The van der Waals surface area contributed by atoms with Crippen molar-refractivity contribution in [1.29, 1.82) is 0 Å². The maximum absolute atomic E-state index is 14.8. The number of carbonyl (C=O) groups is 1. The van der Waals surface area contributed by atoms with Gasteiger partial charge >= 0.3 is 5.97 Å². The molecule has 0 aliphatic heterocycles.